The molecule has 0 saturated carbocycles. The van der Waals surface area contributed by atoms with Crippen LogP contribution in [0.3, 0.4) is 0 Å². The van der Waals surface area contributed by atoms with Crippen molar-refractivity contribution in [3.8, 4) is 6.07 Å². The van der Waals surface area contributed by atoms with Gasteiger partial charge in [0.05, 0.1) is 12.0 Å². The van der Waals surface area contributed by atoms with Crippen LogP contribution >= 0.6 is 0 Å². The molecular formula is C6H13N3O2S. The first-order chi connectivity index (χ1) is 5.40. The van der Waals surface area contributed by atoms with E-state index < -0.39 is 10.2 Å². The van der Waals surface area contributed by atoms with Gasteiger partial charge in [0.15, 0.2) is 0 Å². The second-order valence-corrected chi connectivity index (χ2v) is 4.64. The van der Waals surface area contributed by atoms with Gasteiger partial charge >= 0.3 is 0 Å². The second-order valence-electron chi connectivity index (χ2n) is 2.67. The number of nitrogens with one attached hydrogen (secondary N) is 1. The predicted molar refractivity (Wildman–Crippen MR) is 45.4 cm³/mol. The number of rotatable bonds is 4. The van der Waals surface area contributed by atoms with Crippen LogP contribution in [0.5, 0.6) is 0 Å². The van der Waals surface area contributed by atoms with E-state index in [1.807, 2.05) is 6.07 Å². The van der Waals surface area contributed by atoms with Crippen molar-refractivity contribution in [2.45, 2.75) is 6.92 Å². The van der Waals surface area contributed by atoms with E-state index in [1.165, 1.54) is 14.1 Å². The molecule has 0 aliphatic rings. The Kier molecular flexibility index (Phi) is 4.17. The van der Waals surface area contributed by atoms with Crippen molar-refractivity contribution in [3.05, 3.63) is 0 Å². The highest BCUT2D eigenvalue weighted by Crippen LogP contribution is 1.92. The van der Waals surface area contributed by atoms with Gasteiger partial charge in [0.1, 0.15) is 0 Å². The summed E-state index contributed by atoms with van der Waals surface area (Å²) >= 11 is 0. The molecule has 0 radical (unpaired) electrons. The fraction of sp³-hybridized carbons (Fsp3) is 0.833. The summed E-state index contributed by atoms with van der Waals surface area (Å²) in [6.07, 6.45) is 0. The van der Waals surface area contributed by atoms with Crippen LogP contribution in [0.25, 0.3) is 0 Å². The topological polar surface area (TPSA) is 73.2 Å². The molecule has 0 rings (SSSR count). The fourth-order valence-electron chi connectivity index (χ4n) is 0.405. The number of nitrogens with zero attached hydrogens (tertiary/aromatic N) is 2. The summed E-state index contributed by atoms with van der Waals surface area (Å²) in [5.74, 6) is -0.306. The molecule has 0 aliphatic heterocycles. The summed E-state index contributed by atoms with van der Waals surface area (Å²) in [6, 6.07) is 1.93. The van der Waals surface area contributed by atoms with E-state index in [2.05, 4.69) is 4.72 Å². The Hall–Kier alpha value is -0.640. The molecule has 0 bridgehead atoms. The Morgan fingerprint density at radius 3 is 2.42 bits per heavy atom. The van der Waals surface area contributed by atoms with E-state index in [9.17, 15) is 8.42 Å². The minimum absolute atomic E-state index is 0.150. The van der Waals surface area contributed by atoms with Crippen molar-refractivity contribution in [2.75, 3.05) is 20.6 Å². The summed E-state index contributed by atoms with van der Waals surface area (Å²) in [5.41, 5.74) is 0. The van der Waals surface area contributed by atoms with Crippen molar-refractivity contribution >= 4 is 10.2 Å². The third-order valence-electron chi connectivity index (χ3n) is 1.27. The summed E-state index contributed by atoms with van der Waals surface area (Å²) in [4.78, 5) is 0. The van der Waals surface area contributed by atoms with E-state index in [1.54, 1.807) is 6.92 Å². The third-order valence-corrected chi connectivity index (χ3v) is 2.77. The maximum atomic E-state index is 11.1. The zero-order valence-electron chi connectivity index (χ0n) is 7.40. The first-order valence-electron chi connectivity index (χ1n) is 3.47. The van der Waals surface area contributed by atoms with Crippen LogP contribution in [0.15, 0.2) is 0 Å². The highest BCUT2D eigenvalue weighted by atomic mass is 32.2. The largest absolute Gasteiger partial charge is 0.278 e. The maximum absolute atomic E-state index is 11.1. The number of hydrogen-bond donors (Lipinski definition) is 1. The molecule has 0 aromatic carbocycles. The molecule has 1 unspecified atom stereocenters. The molecule has 12 heavy (non-hydrogen) atoms. The van der Waals surface area contributed by atoms with Crippen molar-refractivity contribution in [1.82, 2.24) is 9.03 Å². The van der Waals surface area contributed by atoms with Crippen molar-refractivity contribution in [3.63, 3.8) is 0 Å². The molecule has 0 aromatic rings. The Morgan fingerprint density at radius 1 is 1.58 bits per heavy atom. The van der Waals surface area contributed by atoms with Gasteiger partial charge in [0.25, 0.3) is 10.2 Å². The molecule has 0 heterocycles. The van der Waals surface area contributed by atoms with E-state index >= 15 is 0 Å². The first kappa shape index (κ1) is 11.4. The Morgan fingerprint density at radius 2 is 2.08 bits per heavy atom. The van der Waals surface area contributed by atoms with Crippen LogP contribution in [0, 0.1) is 17.2 Å². The van der Waals surface area contributed by atoms with Crippen LogP contribution in [0.1, 0.15) is 6.92 Å². The van der Waals surface area contributed by atoms with Crippen molar-refractivity contribution in [2.24, 2.45) is 5.92 Å². The highest BCUT2D eigenvalue weighted by molar-refractivity contribution is 7.87. The second kappa shape index (κ2) is 4.40. The van der Waals surface area contributed by atoms with Gasteiger partial charge in [-0.2, -0.15) is 18.0 Å². The van der Waals surface area contributed by atoms with Gasteiger partial charge in [-0.05, 0) is 6.92 Å². The van der Waals surface area contributed by atoms with Gasteiger partial charge in [-0.25, -0.2) is 4.72 Å². The normalized spacial score (nSPS) is 14.2. The summed E-state index contributed by atoms with van der Waals surface area (Å²) in [5, 5.41) is 8.37. The average Bonchev–Trinajstić information content (AvgIpc) is 2.00. The molecule has 6 heteroatoms. The van der Waals surface area contributed by atoms with Crippen LogP contribution in [-0.4, -0.2) is 33.4 Å². The summed E-state index contributed by atoms with van der Waals surface area (Å²) < 4.78 is 25.5. The molecule has 1 atom stereocenters. The lowest BCUT2D eigenvalue weighted by Crippen LogP contribution is -2.37. The quantitative estimate of drug-likeness (QED) is 0.653. The van der Waals surface area contributed by atoms with Crippen molar-refractivity contribution < 1.29 is 8.42 Å². The minimum Gasteiger partial charge on any atom is -0.201 e. The monoisotopic (exact) mass is 191 g/mol. The van der Waals surface area contributed by atoms with Gasteiger partial charge in [-0.3, -0.25) is 0 Å². The van der Waals surface area contributed by atoms with Crippen LogP contribution in [0.2, 0.25) is 0 Å². The molecule has 0 amide bonds. The number of hydrogen-bond acceptors (Lipinski definition) is 3. The SMILES string of the molecule is CC(C#N)CNS(=O)(=O)N(C)C. The lowest BCUT2D eigenvalue weighted by atomic mass is 10.2. The average molecular weight is 191 g/mol. The van der Waals surface area contributed by atoms with Gasteiger partial charge in [-0.15, -0.1) is 0 Å². The molecular weight excluding hydrogens is 178 g/mol. The van der Waals surface area contributed by atoms with Crippen molar-refractivity contribution in [1.29, 1.82) is 5.26 Å². The lowest BCUT2D eigenvalue weighted by molar-refractivity contribution is 0.500. The van der Waals surface area contributed by atoms with E-state index in [4.69, 9.17) is 5.26 Å². The zero-order chi connectivity index (χ0) is 9.78. The summed E-state index contributed by atoms with van der Waals surface area (Å²) in [6.45, 7) is 1.80. The maximum Gasteiger partial charge on any atom is 0.278 e. The Labute approximate surface area is 73.2 Å². The lowest BCUT2D eigenvalue weighted by Gasteiger charge is -2.12. The Bertz CT molecular complexity index is 265. The molecule has 1 N–H and O–H groups in total. The number of nitriles is 1. The predicted octanol–water partition coefficient (Wildman–Crippen LogP) is -0.458. The fourth-order valence-corrected chi connectivity index (χ4v) is 1.12. The van der Waals surface area contributed by atoms with Gasteiger partial charge in [0.2, 0.25) is 0 Å². The van der Waals surface area contributed by atoms with E-state index in [0.29, 0.717) is 0 Å². The zero-order valence-corrected chi connectivity index (χ0v) is 8.22. The van der Waals surface area contributed by atoms with Gasteiger partial charge in [0, 0.05) is 20.6 Å². The van der Waals surface area contributed by atoms with Gasteiger partial charge in [-0.1, -0.05) is 0 Å². The molecule has 70 valence electrons. The summed E-state index contributed by atoms with van der Waals surface area (Å²) in [7, 11) is -0.511. The highest BCUT2D eigenvalue weighted by Gasteiger charge is 2.13. The molecule has 0 fully saturated rings. The Balaban J connectivity index is 4.05. The standard InChI is InChI=1S/C6H13N3O2S/c1-6(4-7)5-8-12(10,11)9(2)3/h6,8H,5H2,1-3H3. The first-order valence-corrected chi connectivity index (χ1v) is 4.91. The molecule has 0 aliphatic carbocycles. The van der Waals surface area contributed by atoms with E-state index in [0.717, 1.165) is 4.31 Å². The third kappa shape index (κ3) is 3.67. The molecule has 5 nitrogen and oxygen atoms in total. The van der Waals surface area contributed by atoms with Gasteiger partial charge < -0.3 is 0 Å². The minimum atomic E-state index is -3.37. The molecule has 0 spiro atoms. The van der Waals surface area contributed by atoms with Crippen LogP contribution < -0.4 is 4.72 Å². The van der Waals surface area contributed by atoms with E-state index in [-0.39, 0.29) is 12.5 Å². The van der Waals surface area contributed by atoms with Crippen LogP contribution in [0.4, 0.5) is 0 Å². The molecule has 0 saturated heterocycles. The smallest absolute Gasteiger partial charge is 0.201 e. The molecule has 0 aromatic heterocycles. The van der Waals surface area contributed by atoms with Crippen LogP contribution in [-0.2, 0) is 10.2 Å².